The van der Waals surface area contributed by atoms with Crippen LogP contribution in [0.25, 0.3) is 0 Å². The molecule has 0 aliphatic carbocycles. The molecule has 0 saturated carbocycles. The molecular formula is C16H20F3NO4. The van der Waals surface area contributed by atoms with Crippen LogP contribution in [0.3, 0.4) is 0 Å². The first kappa shape index (κ1) is 19.8. The quantitative estimate of drug-likeness (QED) is 0.775. The number of amides is 1. The predicted molar refractivity (Wildman–Crippen MR) is 80.0 cm³/mol. The normalized spacial score (nSPS) is 12.6. The van der Waals surface area contributed by atoms with E-state index < -0.39 is 41.0 Å². The number of ether oxygens (including phenoxy) is 1. The van der Waals surface area contributed by atoms with Crippen molar-refractivity contribution in [1.82, 2.24) is 5.32 Å². The Morgan fingerprint density at radius 1 is 1.21 bits per heavy atom. The van der Waals surface area contributed by atoms with Gasteiger partial charge >= 0.3 is 12.1 Å². The first-order valence-corrected chi connectivity index (χ1v) is 7.32. The van der Waals surface area contributed by atoms with Crippen LogP contribution in [0.15, 0.2) is 12.1 Å². The van der Waals surface area contributed by atoms with Gasteiger partial charge in [-0.15, -0.1) is 0 Å². The molecule has 1 aromatic carbocycles. The summed E-state index contributed by atoms with van der Waals surface area (Å²) in [4.78, 5) is 22.7. The van der Waals surface area contributed by atoms with Crippen molar-refractivity contribution in [2.45, 2.75) is 39.2 Å². The molecule has 1 aromatic rings. The van der Waals surface area contributed by atoms with Gasteiger partial charge in [0.05, 0.1) is 5.92 Å². The number of hydrogen-bond acceptors (Lipinski definition) is 3. The van der Waals surface area contributed by atoms with Crippen LogP contribution in [-0.2, 0) is 16.0 Å². The number of nitrogens with one attached hydrogen (secondary N) is 1. The summed E-state index contributed by atoms with van der Waals surface area (Å²) >= 11 is 0. The third-order valence-corrected chi connectivity index (χ3v) is 3.04. The van der Waals surface area contributed by atoms with Crippen molar-refractivity contribution in [3.63, 3.8) is 0 Å². The highest BCUT2D eigenvalue weighted by Gasteiger charge is 2.21. The van der Waals surface area contributed by atoms with Crippen LogP contribution in [0, 0.1) is 23.4 Å². The molecule has 0 aliphatic heterocycles. The van der Waals surface area contributed by atoms with Gasteiger partial charge in [-0.2, -0.15) is 0 Å². The van der Waals surface area contributed by atoms with E-state index in [1.165, 1.54) is 0 Å². The molecule has 1 atom stereocenters. The second-order valence-corrected chi connectivity index (χ2v) is 6.33. The van der Waals surface area contributed by atoms with E-state index >= 15 is 0 Å². The molecule has 1 amide bonds. The van der Waals surface area contributed by atoms with E-state index in [1.54, 1.807) is 20.8 Å². The number of benzene rings is 1. The van der Waals surface area contributed by atoms with Gasteiger partial charge in [-0.3, -0.25) is 4.79 Å². The maximum atomic E-state index is 13.2. The molecule has 2 N–H and O–H groups in total. The van der Waals surface area contributed by atoms with Crippen LogP contribution in [0.2, 0.25) is 0 Å². The fourth-order valence-corrected chi connectivity index (χ4v) is 1.99. The van der Waals surface area contributed by atoms with Crippen LogP contribution < -0.4 is 5.32 Å². The topological polar surface area (TPSA) is 75.6 Å². The zero-order valence-corrected chi connectivity index (χ0v) is 13.7. The highest BCUT2D eigenvalue weighted by molar-refractivity contribution is 5.71. The van der Waals surface area contributed by atoms with Gasteiger partial charge in [0.2, 0.25) is 0 Å². The maximum absolute atomic E-state index is 13.2. The minimum absolute atomic E-state index is 0.0119. The predicted octanol–water partition coefficient (Wildman–Crippen LogP) is 3.26. The monoisotopic (exact) mass is 347 g/mol. The van der Waals surface area contributed by atoms with E-state index in [4.69, 9.17) is 4.74 Å². The van der Waals surface area contributed by atoms with Gasteiger partial charge in [-0.25, -0.2) is 18.0 Å². The Balaban J connectivity index is 2.63. The summed E-state index contributed by atoms with van der Waals surface area (Å²) in [6, 6.07) is 1.52. The largest absolute Gasteiger partial charge is 0.481 e. The number of carbonyl (C=O) groups excluding carboxylic acids is 1. The van der Waals surface area contributed by atoms with Gasteiger partial charge in [0.1, 0.15) is 5.60 Å². The molecule has 0 saturated heterocycles. The minimum atomic E-state index is -1.60. The van der Waals surface area contributed by atoms with Gasteiger partial charge < -0.3 is 15.2 Å². The number of alkyl carbamates (subject to hydrolysis) is 1. The van der Waals surface area contributed by atoms with Crippen LogP contribution in [0.4, 0.5) is 18.0 Å². The second kappa shape index (κ2) is 8.03. The number of carbonyl (C=O) groups is 2. The molecule has 0 heterocycles. The lowest BCUT2D eigenvalue weighted by molar-refractivity contribution is -0.141. The molecule has 0 fully saturated rings. The van der Waals surface area contributed by atoms with Crippen LogP contribution in [0.1, 0.15) is 32.8 Å². The second-order valence-electron chi connectivity index (χ2n) is 6.33. The third-order valence-electron chi connectivity index (χ3n) is 3.04. The number of rotatable bonds is 6. The van der Waals surface area contributed by atoms with Crippen molar-refractivity contribution in [1.29, 1.82) is 0 Å². The maximum Gasteiger partial charge on any atom is 0.407 e. The van der Waals surface area contributed by atoms with Crippen LogP contribution >= 0.6 is 0 Å². The average molecular weight is 347 g/mol. The fourth-order valence-electron chi connectivity index (χ4n) is 1.99. The van der Waals surface area contributed by atoms with Crippen molar-refractivity contribution >= 4 is 12.1 Å². The van der Waals surface area contributed by atoms with E-state index in [0.717, 1.165) is 12.1 Å². The molecular weight excluding hydrogens is 327 g/mol. The number of halogens is 3. The summed E-state index contributed by atoms with van der Waals surface area (Å²) in [6.45, 7) is 5.07. The summed E-state index contributed by atoms with van der Waals surface area (Å²) in [5.41, 5.74) is -0.657. The highest BCUT2D eigenvalue weighted by atomic mass is 19.2. The molecule has 1 unspecified atom stereocenters. The average Bonchev–Trinajstić information content (AvgIpc) is 2.41. The zero-order valence-electron chi connectivity index (χ0n) is 13.7. The number of carboxylic acid groups (broad SMARTS) is 1. The smallest absolute Gasteiger partial charge is 0.407 e. The molecule has 0 aromatic heterocycles. The highest BCUT2D eigenvalue weighted by Crippen LogP contribution is 2.18. The number of aliphatic carboxylic acids is 1. The molecule has 8 heteroatoms. The van der Waals surface area contributed by atoms with Crippen molar-refractivity contribution in [3.8, 4) is 0 Å². The summed E-state index contributed by atoms with van der Waals surface area (Å²) < 4.78 is 44.3. The lowest BCUT2D eigenvalue weighted by Crippen LogP contribution is -2.34. The van der Waals surface area contributed by atoms with Gasteiger partial charge in [-0.05, 0) is 51.3 Å². The molecule has 0 aliphatic rings. The molecule has 24 heavy (non-hydrogen) atoms. The summed E-state index contributed by atoms with van der Waals surface area (Å²) in [5, 5.41) is 11.6. The Bertz CT molecular complexity index is 591. The SMILES string of the molecule is CC(C)(C)OC(=O)NCCC(Cc1cc(F)c(F)c(F)c1)C(=O)O. The van der Waals surface area contributed by atoms with E-state index in [2.05, 4.69) is 5.32 Å². The molecule has 5 nitrogen and oxygen atoms in total. The van der Waals surface area contributed by atoms with Gasteiger partial charge in [0, 0.05) is 6.54 Å². The van der Waals surface area contributed by atoms with Gasteiger partial charge in [-0.1, -0.05) is 0 Å². The van der Waals surface area contributed by atoms with E-state index in [-0.39, 0.29) is 24.9 Å². The molecule has 0 bridgehead atoms. The molecule has 1 rings (SSSR count). The Morgan fingerprint density at radius 2 is 1.75 bits per heavy atom. The number of hydrogen-bond donors (Lipinski definition) is 2. The van der Waals surface area contributed by atoms with Gasteiger partial charge in [0.15, 0.2) is 17.5 Å². The van der Waals surface area contributed by atoms with Crippen molar-refractivity contribution in [2.24, 2.45) is 5.92 Å². The lowest BCUT2D eigenvalue weighted by Gasteiger charge is -2.20. The van der Waals surface area contributed by atoms with Crippen molar-refractivity contribution in [2.75, 3.05) is 6.54 Å². The minimum Gasteiger partial charge on any atom is -0.481 e. The fraction of sp³-hybridized carbons (Fsp3) is 0.500. The van der Waals surface area contributed by atoms with Gasteiger partial charge in [0.25, 0.3) is 0 Å². The van der Waals surface area contributed by atoms with Crippen LogP contribution in [0.5, 0.6) is 0 Å². The molecule has 0 radical (unpaired) electrons. The number of carboxylic acids is 1. The Kier molecular flexibility index (Phi) is 6.62. The Labute approximate surface area is 137 Å². The Hall–Kier alpha value is -2.25. The summed E-state index contributed by atoms with van der Waals surface area (Å²) in [5.74, 6) is -6.53. The Morgan fingerprint density at radius 3 is 2.21 bits per heavy atom. The first-order valence-electron chi connectivity index (χ1n) is 7.32. The third kappa shape index (κ3) is 6.47. The summed E-state index contributed by atoms with van der Waals surface area (Å²) in [6.07, 6.45) is -0.861. The van der Waals surface area contributed by atoms with Crippen molar-refractivity contribution < 1.29 is 32.6 Å². The summed E-state index contributed by atoms with van der Waals surface area (Å²) in [7, 11) is 0. The molecule has 0 spiro atoms. The standard InChI is InChI=1S/C16H20F3NO4/c1-16(2,3)24-15(23)20-5-4-10(14(21)22)6-9-7-11(17)13(19)12(18)8-9/h7-8,10H,4-6H2,1-3H3,(H,20,23)(H,21,22). The molecule has 134 valence electrons. The lowest BCUT2D eigenvalue weighted by atomic mass is 9.96. The van der Waals surface area contributed by atoms with Crippen LogP contribution in [-0.4, -0.2) is 29.3 Å². The van der Waals surface area contributed by atoms with E-state index in [0.29, 0.717) is 0 Å². The van der Waals surface area contributed by atoms with E-state index in [1.807, 2.05) is 0 Å². The van der Waals surface area contributed by atoms with Crippen molar-refractivity contribution in [3.05, 3.63) is 35.1 Å². The zero-order chi connectivity index (χ0) is 18.5. The van der Waals surface area contributed by atoms with E-state index in [9.17, 15) is 27.9 Å². The first-order chi connectivity index (χ1) is 11.0.